The highest BCUT2D eigenvalue weighted by Crippen LogP contribution is 2.41. The van der Waals surface area contributed by atoms with Gasteiger partial charge in [-0.15, -0.1) is 0 Å². The van der Waals surface area contributed by atoms with Crippen LogP contribution in [0.15, 0.2) is 30.5 Å². The first-order valence-corrected chi connectivity index (χ1v) is 10.1. The lowest BCUT2D eigenvalue weighted by molar-refractivity contribution is -0.146. The van der Waals surface area contributed by atoms with Crippen LogP contribution >= 0.6 is 0 Å². The van der Waals surface area contributed by atoms with Gasteiger partial charge in [0.05, 0.1) is 13.2 Å². The van der Waals surface area contributed by atoms with Crippen LogP contribution in [0, 0.1) is 5.92 Å². The summed E-state index contributed by atoms with van der Waals surface area (Å²) in [5.41, 5.74) is 5.31. The van der Waals surface area contributed by atoms with Gasteiger partial charge < -0.3 is 14.8 Å². The fourth-order valence-corrected chi connectivity index (χ4v) is 5.43. The average Bonchev–Trinajstić information content (AvgIpc) is 3.26. The van der Waals surface area contributed by atoms with Crippen molar-refractivity contribution in [3.05, 3.63) is 41.6 Å². The predicted octanol–water partition coefficient (Wildman–Crippen LogP) is 1.65. The zero-order valence-electron chi connectivity index (χ0n) is 16.4. The number of carbonyl (C=O) groups is 1. The molecule has 2 N–H and O–H groups in total. The summed E-state index contributed by atoms with van der Waals surface area (Å²) in [6.45, 7) is 2.24. The Balaban J connectivity index is 1.47. The van der Waals surface area contributed by atoms with Crippen LogP contribution in [0.1, 0.15) is 17.5 Å². The van der Waals surface area contributed by atoms with E-state index < -0.39 is 6.10 Å². The Kier molecular flexibility index (Phi) is 4.30. The van der Waals surface area contributed by atoms with Gasteiger partial charge in [0.25, 0.3) is 0 Å². The molecule has 1 aliphatic carbocycles. The second kappa shape index (κ2) is 6.72. The van der Waals surface area contributed by atoms with E-state index >= 15 is 0 Å². The molecule has 0 amide bonds. The molecule has 4 atom stereocenters. The van der Waals surface area contributed by atoms with Gasteiger partial charge in [-0.2, -0.15) is 0 Å². The van der Waals surface area contributed by atoms with E-state index in [0.717, 1.165) is 19.5 Å². The smallest absolute Gasteiger partial charge is 0.323 e. The number of aromatic amines is 1. The molecule has 6 heteroatoms. The molecule has 3 heterocycles. The number of esters is 1. The minimum Gasteiger partial charge on any atom is -0.468 e. The number of nitrogens with one attached hydrogen (secondary N) is 1. The molecule has 2 aliphatic heterocycles. The maximum Gasteiger partial charge on any atom is 0.323 e. The first-order valence-electron chi connectivity index (χ1n) is 10.1. The molecular weight excluding hydrogens is 354 g/mol. The summed E-state index contributed by atoms with van der Waals surface area (Å²) in [5, 5.41) is 11.4. The number of hydrogen-bond donors (Lipinski definition) is 2. The molecule has 0 bridgehead atoms. The molecule has 3 aliphatic rings. The number of aromatic nitrogens is 1. The standard InChI is InChI=1S/C22H27N3O3/c1-24-10-13(11-25-12-15(26)8-20(25)22(27)28-2)6-17-16-4-3-5-18-21(16)14(9-23-18)7-19(17)24/h3-6,9,13,15,19-20,23,26H,7-8,10-12H2,1-2H3/t13-,15?,19-,20+/m1/s1. The first kappa shape index (κ1) is 17.9. The number of likely N-dealkylation sites (tertiary alicyclic amines) is 1. The lowest BCUT2D eigenvalue weighted by Crippen LogP contribution is -2.47. The number of aliphatic hydroxyl groups excluding tert-OH is 1. The predicted molar refractivity (Wildman–Crippen MR) is 108 cm³/mol. The Labute approximate surface area is 164 Å². The lowest BCUT2D eigenvalue weighted by Gasteiger charge is -2.41. The van der Waals surface area contributed by atoms with Crippen LogP contribution in [-0.2, 0) is 16.0 Å². The van der Waals surface area contributed by atoms with Crippen molar-refractivity contribution in [1.29, 1.82) is 0 Å². The number of β-amino-alcohol motifs (C(OH)–C–C–N with tert-alkyl or cyclic N) is 1. The molecule has 1 fully saturated rings. The molecule has 0 radical (unpaired) electrons. The molecule has 1 saturated heterocycles. The van der Waals surface area contributed by atoms with Gasteiger partial charge in [0.15, 0.2) is 0 Å². The number of hydrogen-bond acceptors (Lipinski definition) is 5. The number of likely N-dealkylation sites (N-methyl/N-ethyl adjacent to an activating group) is 1. The highest BCUT2D eigenvalue weighted by molar-refractivity contribution is 5.98. The number of fused-ring (bicyclic) bond motifs is 2. The Morgan fingerprint density at radius 3 is 3.04 bits per heavy atom. The monoisotopic (exact) mass is 381 g/mol. The third-order valence-corrected chi connectivity index (χ3v) is 6.66. The Morgan fingerprint density at radius 2 is 2.21 bits per heavy atom. The topological polar surface area (TPSA) is 68.8 Å². The minimum atomic E-state index is -0.461. The Bertz CT molecular complexity index is 950. The maximum atomic E-state index is 12.1. The van der Waals surface area contributed by atoms with Crippen LogP contribution in [0.2, 0.25) is 0 Å². The van der Waals surface area contributed by atoms with Gasteiger partial charge in [0.1, 0.15) is 6.04 Å². The molecule has 1 unspecified atom stereocenters. The van der Waals surface area contributed by atoms with Gasteiger partial charge in [-0.3, -0.25) is 14.6 Å². The van der Waals surface area contributed by atoms with Gasteiger partial charge >= 0.3 is 5.97 Å². The number of benzene rings is 1. The molecule has 0 spiro atoms. The fourth-order valence-electron chi connectivity index (χ4n) is 5.43. The minimum absolute atomic E-state index is 0.245. The van der Waals surface area contributed by atoms with Crippen LogP contribution in [0.25, 0.3) is 16.5 Å². The van der Waals surface area contributed by atoms with Gasteiger partial charge in [-0.1, -0.05) is 18.2 Å². The van der Waals surface area contributed by atoms with Crippen molar-refractivity contribution in [2.45, 2.75) is 31.0 Å². The molecule has 1 aromatic heterocycles. The van der Waals surface area contributed by atoms with Crippen LogP contribution < -0.4 is 0 Å². The number of methoxy groups -OCH3 is 1. The zero-order valence-corrected chi connectivity index (χ0v) is 16.4. The summed E-state index contributed by atoms with van der Waals surface area (Å²) in [4.78, 5) is 20.1. The molecule has 148 valence electrons. The van der Waals surface area contributed by atoms with Gasteiger partial charge in [0.2, 0.25) is 0 Å². The van der Waals surface area contributed by atoms with Crippen molar-refractivity contribution in [2.75, 3.05) is 33.8 Å². The summed E-state index contributed by atoms with van der Waals surface area (Å²) in [6, 6.07) is 6.54. The summed E-state index contributed by atoms with van der Waals surface area (Å²) < 4.78 is 4.96. The van der Waals surface area contributed by atoms with E-state index in [1.807, 2.05) is 0 Å². The Hall–Kier alpha value is -2.15. The van der Waals surface area contributed by atoms with Crippen LogP contribution in [0.3, 0.4) is 0 Å². The summed E-state index contributed by atoms with van der Waals surface area (Å²) in [5.74, 6) is 0.0649. The first-order chi connectivity index (χ1) is 13.5. The van der Waals surface area contributed by atoms with Gasteiger partial charge in [-0.05, 0) is 36.2 Å². The van der Waals surface area contributed by atoms with Crippen molar-refractivity contribution in [3.8, 4) is 0 Å². The number of ether oxygens (including phenoxy) is 1. The van der Waals surface area contributed by atoms with Crippen molar-refractivity contribution < 1.29 is 14.6 Å². The quantitative estimate of drug-likeness (QED) is 0.792. The fraction of sp³-hybridized carbons (Fsp3) is 0.500. The summed E-state index contributed by atoms with van der Waals surface area (Å²) in [7, 11) is 3.61. The molecule has 0 saturated carbocycles. The lowest BCUT2D eigenvalue weighted by atomic mass is 9.80. The van der Waals surface area contributed by atoms with Crippen LogP contribution in [0.5, 0.6) is 0 Å². The normalized spacial score (nSPS) is 30.3. The van der Waals surface area contributed by atoms with Crippen molar-refractivity contribution in [1.82, 2.24) is 14.8 Å². The van der Waals surface area contributed by atoms with E-state index in [1.54, 1.807) is 0 Å². The molecular formula is C22H27N3O3. The number of nitrogens with zero attached hydrogens (tertiary/aromatic N) is 2. The SMILES string of the molecule is COC(=O)[C@@H]1CC(O)CN1C[C@@H]1C=C2c3cccc4[nH]cc(c34)C[C@H]2N(C)C1. The summed E-state index contributed by atoms with van der Waals surface area (Å²) >= 11 is 0. The van der Waals surface area contributed by atoms with E-state index in [-0.39, 0.29) is 12.0 Å². The highest BCUT2D eigenvalue weighted by Gasteiger charge is 2.39. The largest absolute Gasteiger partial charge is 0.468 e. The number of rotatable bonds is 3. The summed E-state index contributed by atoms with van der Waals surface area (Å²) in [6.07, 6.45) is 5.59. The molecule has 1 aromatic carbocycles. The van der Waals surface area contributed by atoms with Gasteiger partial charge in [0, 0.05) is 55.1 Å². The number of aliphatic hydroxyl groups is 1. The zero-order chi connectivity index (χ0) is 19.4. The Morgan fingerprint density at radius 1 is 1.36 bits per heavy atom. The third kappa shape index (κ3) is 2.79. The van der Waals surface area contributed by atoms with Crippen molar-refractivity contribution in [2.24, 2.45) is 5.92 Å². The second-order valence-electron chi connectivity index (χ2n) is 8.47. The van der Waals surface area contributed by atoms with E-state index in [9.17, 15) is 9.90 Å². The number of carbonyl (C=O) groups excluding carboxylic acids is 1. The van der Waals surface area contributed by atoms with Crippen LogP contribution in [-0.4, -0.2) is 77.8 Å². The molecule has 5 rings (SSSR count). The molecule has 28 heavy (non-hydrogen) atoms. The van der Waals surface area contributed by atoms with E-state index in [0.29, 0.717) is 24.9 Å². The molecule has 2 aromatic rings. The second-order valence-corrected chi connectivity index (χ2v) is 8.47. The molecule has 6 nitrogen and oxygen atoms in total. The van der Waals surface area contributed by atoms with Crippen molar-refractivity contribution >= 4 is 22.4 Å². The average molecular weight is 381 g/mol. The van der Waals surface area contributed by atoms with E-state index in [2.05, 4.69) is 52.3 Å². The number of H-pyrrole nitrogens is 1. The van der Waals surface area contributed by atoms with Gasteiger partial charge in [-0.25, -0.2) is 0 Å². The van der Waals surface area contributed by atoms with Crippen molar-refractivity contribution in [3.63, 3.8) is 0 Å². The van der Waals surface area contributed by atoms with E-state index in [4.69, 9.17) is 4.74 Å². The van der Waals surface area contributed by atoms with Crippen LogP contribution in [0.4, 0.5) is 0 Å². The maximum absolute atomic E-state index is 12.1. The van der Waals surface area contributed by atoms with E-state index in [1.165, 1.54) is 34.7 Å². The highest BCUT2D eigenvalue weighted by atomic mass is 16.5. The third-order valence-electron chi connectivity index (χ3n) is 6.66.